The number of halogens is 1. The second-order valence-electron chi connectivity index (χ2n) is 5.32. The number of para-hydroxylation sites is 1. The minimum atomic E-state index is -0.280. The molecule has 0 saturated carbocycles. The van der Waals surface area contributed by atoms with Crippen molar-refractivity contribution in [3.05, 3.63) is 82.8 Å². The van der Waals surface area contributed by atoms with Crippen LogP contribution in [0.2, 0.25) is 0 Å². The largest absolute Gasteiger partial charge is 0.331 e. The number of fused-ring (bicyclic) bond motifs is 1. The highest BCUT2D eigenvalue weighted by Crippen LogP contribution is 2.21. The number of hydrogen-bond donors (Lipinski definition) is 2. The fraction of sp³-hybridized carbons (Fsp3) is 0. The summed E-state index contributed by atoms with van der Waals surface area (Å²) in [6, 6.07) is 21.6. The lowest BCUT2D eigenvalue weighted by atomic mass is 10.0. The Kier molecular flexibility index (Phi) is 5.58. The molecule has 0 aliphatic rings. The fourth-order valence-electron chi connectivity index (χ4n) is 2.43. The zero-order chi connectivity index (χ0) is 17.6. The van der Waals surface area contributed by atoms with Gasteiger partial charge in [0.1, 0.15) is 0 Å². The van der Waals surface area contributed by atoms with Gasteiger partial charge in [-0.1, -0.05) is 54.6 Å². The molecule has 0 aliphatic heterocycles. The Morgan fingerprint density at radius 3 is 2.52 bits per heavy atom. The molecule has 2 N–H and O–H groups in total. The number of thiocarbonyl (C=S) groups is 1. The van der Waals surface area contributed by atoms with E-state index in [0.717, 1.165) is 26.5 Å². The van der Waals surface area contributed by atoms with Crippen LogP contribution in [-0.2, 0) is 4.79 Å². The maximum Gasteiger partial charge on any atom is 0.250 e. The predicted octanol–water partition coefficient (Wildman–Crippen LogP) is 5.13. The maximum absolute atomic E-state index is 12.1. The van der Waals surface area contributed by atoms with Gasteiger partial charge in [0.05, 0.1) is 5.69 Å². The smallest absolute Gasteiger partial charge is 0.250 e. The third-order valence-corrected chi connectivity index (χ3v) is 4.49. The molecule has 0 aromatic heterocycles. The van der Waals surface area contributed by atoms with E-state index in [1.54, 1.807) is 6.08 Å². The molecular weight excluding hydrogens is 396 g/mol. The van der Waals surface area contributed by atoms with Gasteiger partial charge in [-0.3, -0.25) is 10.1 Å². The summed E-state index contributed by atoms with van der Waals surface area (Å²) in [5.74, 6) is -0.280. The number of carbonyl (C=O) groups excluding carboxylic acids is 1. The molecule has 0 unspecified atom stereocenters. The number of carbonyl (C=O) groups is 1. The van der Waals surface area contributed by atoms with Crippen molar-refractivity contribution in [2.45, 2.75) is 0 Å². The van der Waals surface area contributed by atoms with E-state index in [1.807, 2.05) is 66.7 Å². The normalized spacial score (nSPS) is 10.8. The Labute approximate surface area is 159 Å². The Balaban J connectivity index is 1.66. The summed E-state index contributed by atoms with van der Waals surface area (Å²) in [6.07, 6.45) is 3.27. The zero-order valence-electron chi connectivity index (χ0n) is 13.2. The predicted molar refractivity (Wildman–Crippen MR) is 111 cm³/mol. The van der Waals surface area contributed by atoms with Crippen molar-refractivity contribution in [2.24, 2.45) is 0 Å². The second-order valence-corrected chi connectivity index (χ2v) is 6.59. The monoisotopic (exact) mass is 410 g/mol. The molecule has 0 fully saturated rings. The molecule has 0 spiro atoms. The standard InChI is InChI=1S/C20H15BrN2OS/c21-17-10-3-4-11-18(17)22-20(25)23-19(24)13-12-15-8-5-7-14-6-1-2-9-16(14)15/h1-13H,(H2,22,23,24,25). The van der Waals surface area contributed by atoms with Gasteiger partial charge in [0.15, 0.2) is 5.11 Å². The first-order chi connectivity index (χ1) is 12.1. The minimum Gasteiger partial charge on any atom is -0.331 e. The van der Waals surface area contributed by atoms with E-state index in [2.05, 4.69) is 26.6 Å². The van der Waals surface area contributed by atoms with E-state index in [1.165, 1.54) is 6.08 Å². The number of rotatable bonds is 3. The van der Waals surface area contributed by atoms with Crippen molar-refractivity contribution in [3.8, 4) is 0 Å². The van der Waals surface area contributed by atoms with Crippen molar-refractivity contribution >= 4 is 61.7 Å². The van der Waals surface area contributed by atoms with Gasteiger partial charge in [-0.25, -0.2) is 0 Å². The number of benzene rings is 3. The first-order valence-corrected chi connectivity index (χ1v) is 8.86. The molecule has 0 saturated heterocycles. The van der Waals surface area contributed by atoms with Crippen molar-refractivity contribution in [3.63, 3.8) is 0 Å². The summed E-state index contributed by atoms with van der Waals surface area (Å²) < 4.78 is 0.873. The molecule has 124 valence electrons. The Morgan fingerprint density at radius 1 is 0.960 bits per heavy atom. The molecule has 0 aliphatic carbocycles. The summed E-state index contributed by atoms with van der Waals surface area (Å²) in [5, 5.41) is 8.12. The van der Waals surface area contributed by atoms with Gasteiger partial charge in [0.2, 0.25) is 5.91 Å². The first kappa shape index (κ1) is 17.3. The molecule has 0 heterocycles. The number of anilines is 1. The second kappa shape index (κ2) is 8.05. The van der Waals surface area contributed by atoms with Crippen LogP contribution in [0.3, 0.4) is 0 Å². The molecule has 3 rings (SSSR count). The lowest BCUT2D eigenvalue weighted by Gasteiger charge is -2.09. The van der Waals surface area contributed by atoms with Gasteiger partial charge < -0.3 is 5.32 Å². The van der Waals surface area contributed by atoms with Crippen LogP contribution in [-0.4, -0.2) is 11.0 Å². The SMILES string of the molecule is O=C(C=Cc1cccc2ccccc12)NC(=S)Nc1ccccc1Br. The Morgan fingerprint density at radius 2 is 1.68 bits per heavy atom. The van der Waals surface area contributed by atoms with E-state index >= 15 is 0 Å². The highest BCUT2D eigenvalue weighted by Gasteiger charge is 2.04. The minimum absolute atomic E-state index is 0.250. The highest BCUT2D eigenvalue weighted by molar-refractivity contribution is 9.10. The fourth-order valence-corrected chi connectivity index (χ4v) is 3.03. The Bertz CT molecular complexity index is 963. The van der Waals surface area contributed by atoms with Crippen LogP contribution in [0.15, 0.2) is 77.3 Å². The van der Waals surface area contributed by atoms with Gasteiger partial charge in [-0.2, -0.15) is 0 Å². The number of nitrogens with one attached hydrogen (secondary N) is 2. The molecule has 3 aromatic carbocycles. The van der Waals surface area contributed by atoms with Gasteiger partial charge in [-0.15, -0.1) is 0 Å². The van der Waals surface area contributed by atoms with Crippen molar-refractivity contribution in [1.29, 1.82) is 0 Å². The van der Waals surface area contributed by atoms with E-state index in [-0.39, 0.29) is 11.0 Å². The molecule has 0 atom stereocenters. The molecular formula is C20H15BrN2OS. The van der Waals surface area contributed by atoms with E-state index in [9.17, 15) is 4.79 Å². The average molecular weight is 411 g/mol. The molecule has 5 heteroatoms. The summed E-state index contributed by atoms with van der Waals surface area (Å²) in [6.45, 7) is 0. The van der Waals surface area contributed by atoms with Crippen molar-refractivity contribution < 1.29 is 4.79 Å². The van der Waals surface area contributed by atoms with Crippen LogP contribution in [0.1, 0.15) is 5.56 Å². The molecule has 1 amide bonds. The highest BCUT2D eigenvalue weighted by atomic mass is 79.9. The summed E-state index contributed by atoms with van der Waals surface area (Å²) >= 11 is 8.61. The number of hydrogen-bond acceptors (Lipinski definition) is 2. The van der Waals surface area contributed by atoms with Gasteiger partial charge in [0.25, 0.3) is 0 Å². The van der Waals surface area contributed by atoms with Gasteiger partial charge in [0, 0.05) is 10.5 Å². The molecule has 3 nitrogen and oxygen atoms in total. The molecule has 0 bridgehead atoms. The third-order valence-electron chi connectivity index (χ3n) is 3.60. The molecule has 3 aromatic rings. The van der Waals surface area contributed by atoms with Crippen LogP contribution >= 0.6 is 28.1 Å². The van der Waals surface area contributed by atoms with E-state index in [4.69, 9.17) is 12.2 Å². The quantitative estimate of drug-likeness (QED) is 0.464. The third kappa shape index (κ3) is 4.53. The van der Waals surface area contributed by atoms with Crippen LogP contribution in [0.5, 0.6) is 0 Å². The van der Waals surface area contributed by atoms with E-state index < -0.39 is 0 Å². The van der Waals surface area contributed by atoms with Gasteiger partial charge >= 0.3 is 0 Å². The first-order valence-electron chi connectivity index (χ1n) is 7.66. The van der Waals surface area contributed by atoms with Crippen LogP contribution in [0, 0.1) is 0 Å². The number of amides is 1. The topological polar surface area (TPSA) is 41.1 Å². The van der Waals surface area contributed by atoms with Crippen molar-refractivity contribution in [1.82, 2.24) is 5.32 Å². The lowest BCUT2D eigenvalue weighted by molar-refractivity contribution is -0.115. The van der Waals surface area contributed by atoms with Crippen LogP contribution in [0.4, 0.5) is 5.69 Å². The average Bonchev–Trinajstić information content (AvgIpc) is 2.62. The summed E-state index contributed by atoms with van der Waals surface area (Å²) in [7, 11) is 0. The van der Waals surface area contributed by atoms with E-state index in [0.29, 0.717) is 0 Å². The van der Waals surface area contributed by atoms with Crippen LogP contribution < -0.4 is 10.6 Å². The Hall–Kier alpha value is -2.50. The zero-order valence-corrected chi connectivity index (χ0v) is 15.6. The molecule has 0 radical (unpaired) electrons. The summed E-state index contributed by atoms with van der Waals surface area (Å²) in [4.78, 5) is 12.1. The maximum atomic E-state index is 12.1. The van der Waals surface area contributed by atoms with Crippen molar-refractivity contribution in [2.75, 3.05) is 5.32 Å². The lowest BCUT2D eigenvalue weighted by Crippen LogP contribution is -2.32. The van der Waals surface area contributed by atoms with Gasteiger partial charge in [-0.05, 0) is 62.7 Å². The summed E-state index contributed by atoms with van der Waals surface area (Å²) in [5.41, 5.74) is 1.78. The van der Waals surface area contributed by atoms with Crippen LogP contribution in [0.25, 0.3) is 16.8 Å². The molecule has 25 heavy (non-hydrogen) atoms.